The minimum atomic E-state index is -0.346. The molecule has 0 atom stereocenters. The first-order chi connectivity index (χ1) is 10.8. The largest absolute Gasteiger partial charge is 0.463 e. The van der Waals surface area contributed by atoms with Crippen LogP contribution in [0, 0.1) is 0 Å². The van der Waals surface area contributed by atoms with Gasteiger partial charge in [-0.25, -0.2) is 4.79 Å². The summed E-state index contributed by atoms with van der Waals surface area (Å²) in [6.45, 7) is 2.15. The molecule has 4 heteroatoms. The summed E-state index contributed by atoms with van der Waals surface area (Å²) in [5.74, 6) is -0.346. The summed E-state index contributed by atoms with van der Waals surface area (Å²) in [5.41, 5.74) is 3.67. The Bertz CT molecular complexity index is 819. The van der Waals surface area contributed by atoms with E-state index in [0.717, 1.165) is 27.6 Å². The standard InChI is InChI=1S/C18H16N2O2/c1-2-22-18(21)11-15(13-7-4-3-5-8-13)14-9-6-10-17-16(14)12-19-20-17/h3-12H,2H2,1H3,(H,19,20). The Hall–Kier alpha value is -2.88. The molecule has 0 spiro atoms. The first-order valence-corrected chi connectivity index (χ1v) is 7.16. The summed E-state index contributed by atoms with van der Waals surface area (Å²) in [4.78, 5) is 12.0. The van der Waals surface area contributed by atoms with Crippen LogP contribution in [0.15, 0.2) is 60.8 Å². The predicted octanol–water partition coefficient (Wildman–Crippen LogP) is 3.56. The van der Waals surface area contributed by atoms with E-state index in [0.29, 0.717) is 6.61 Å². The van der Waals surface area contributed by atoms with Crippen molar-refractivity contribution in [2.45, 2.75) is 6.92 Å². The molecule has 0 radical (unpaired) electrons. The number of carbonyl (C=O) groups is 1. The number of esters is 1. The molecule has 2 aromatic carbocycles. The van der Waals surface area contributed by atoms with E-state index in [-0.39, 0.29) is 5.97 Å². The summed E-state index contributed by atoms with van der Waals surface area (Å²) in [6, 6.07) is 15.7. The third kappa shape index (κ3) is 2.76. The van der Waals surface area contributed by atoms with Gasteiger partial charge in [0.25, 0.3) is 0 Å². The molecule has 0 bridgehead atoms. The SMILES string of the molecule is CCOC(=O)C=C(c1ccccc1)c1cccc2[nH]ncc12. The molecule has 22 heavy (non-hydrogen) atoms. The van der Waals surface area contributed by atoms with Gasteiger partial charge in [0.15, 0.2) is 0 Å². The minimum absolute atomic E-state index is 0.346. The molecule has 1 N–H and O–H groups in total. The maximum absolute atomic E-state index is 12.0. The zero-order valence-electron chi connectivity index (χ0n) is 12.2. The van der Waals surface area contributed by atoms with Crippen molar-refractivity contribution in [3.63, 3.8) is 0 Å². The zero-order valence-corrected chi connectivity index (χ0v) is 12.2. The van der Waals surface area contributed by atoms with Crippen LogP contribution in [-0.2, 0) is 9.53 Å². The van der Waals surface area contributed by atoms with E-state index >= 15 is 0 Å². The Kier molecular flexibility index (Phi) is 4.01. The Morgan fingerprint density at radius 3 is 2.77 bits per heavy atom. The van der Waals surface area contributed by atoms with Crippen LogP contribution < -0.4 is 0 Å². The Morgan fingerprint density at radius 1 is 1.18 bits per heavy atom. The van der Waals surface area contributed by atoms with Crippen molar-refractivity contribution in [3.05, 3.63) is 71.9 Å². The lowest BCUT2D eigenvalue weighted by Crippen LogP contribution is -2.02. The van der Waals surface area contributed by atoms with E-state index < -0.39 is 0 Å². The van der Waals surface area contributed by atoms with Crippen molar-refractivity contribution >= 4 is 22.4 Å². The summed E-state index contributed by atoms with van der Waals surface area (Å²) in [7, 11) is 0. The molecule has 3 rings (SSSR count). The monoisotopic (exact) mass is 292 g/mol. The van der Waals surface area contributed by atoms with Crippen LogP contribution >= 0.6 is 0 Å². The molecule has 1 heterocycles. The van der Waals surface area contributed by atoms with E-state index in [2.05, 4.69) is 10.2 Å². The van der Waals surface area contributed by atoms with Crippen LogP contribution in [0.4, 0.5) is 0 Å². The van der Waals surface area contributed by atoms with Gasteiger partial charge in [-0.15, -0.1) is 0 Å². The summed E-state index contributed by atoms with van der Waals surface area (Å²) < 4.78 is 5.07. The molecule has 4 nitrogen and oxygen atoms in total. The van der Waals surface area contributed by atoms with Crippen LogP contribution in [0.5, 0.6) is 0 Å². The number of hydrogen-bond donors (Lipinski definition) is 1. The fourth-order valence-corrected chi connectivity index (χ4v) is 2.44. The second-order valence-electron chi connectivity index (χ2n) is 4.81. The molecule has 3 aromatic rings. The van der Waals surface area contributed by atoms with Crippen LogP contribution in [0.3, 0.4) is 0 Å². The van der Waals surface area contributed by atoms with E-state index in [1.54, 1.807) is 19.2 Å². The highest BCUT2D eigenvalue weighted by Crippen LogP contribution is 2.29. The second-order valence-corrected chi connectivity index (χ2v) is 4.81. The minimum Gasteiger partial charge on any atom is -0.463 e. The van der Waals surface area contributed by atoms with Gasteiger partial charge in [0, 0.05) is 11.5 Å². The number of aromatic nitrogens is 2. The van der Waals surface area contributed by atoms with Gasteiger partial charge in [-0.2, -0.15) is 5.10 Å². The Morgan fingerprint density at radius 2 is 2.00 bits per heavy atom. The summed E-state index contributed by atoms with van der Waals surface area (Å²) in [6.07, 6.45) is 3.31. The lowest BCUT2D eigenvalue weighted by Gasteiger charge is -2.09. The highest BCUT2D eigenvalue weighted by atomic mass is 16.5. The average molecular weight is 292 g/mol. The number of rotatable bonds is 4. The van der Waals surface area contributed by atoms with Crippen molar-refractivity contribution in [1.29, 1.82) is 0 Å². The highest BCUT2D eigenvalue weighted by Gasteiger charge is 2.12. The van der Waals surface area contributed by atoms with Gasteiger partial charge >= 0.3 is 5.97 Å². The quantitative estimate of drug-likeness (QED) is 0.591. The maximum Gasteiger partial charge on any atom is 0.331 e. The zero-order chi connectivity index (χ0) is 15.4. The number of nitrogens with zero attached hydrogens (tertiary/aromatic N) is 1. The molecule has 0 aliphatic heterocycles. The fourth-order valence-electron chi connectivity index (χ4n) is 2.44. The number of H-pyrrole nitrogens is 1. The first kappa shape index (κ1) is 14.1. The third-order valence-electron chi connectivity index (χ3n) is 3.41. The molecule has 0 saturated carbocycles. The van der Waals surface area contributed by atoms with Gasteiger partial charge in [-0.3, -0.25) is 5.10 Å². The predicted molar refractivity (Wildman–Crippen MR) is 86.2 cm³/mol. The summed E-state index contributed by atoms with van der Waals surface area (Å²) in [5, 5.41) is 8.01. The molecule has 0 unspecified atom stereocenters. The van der Waals surface area contributed by atoms with Crippen molar-refractivity contribution in [2.75, 3.05) is 6.61 Å². The normalized spacial score (nSPS) is 11.6. The molecule has 0 aliphatic rings. The highest BCUT2D eigenvalue weighted by molar-refractivity contribution is 6.02. The lowest BCUT2D eigenvalue weighted by atomic mass is 9.95. The molecular weight excluding hydrogens is 276 g/mol. The Labute approximate surface area is 128 Å². The smallest absolute Gasteiger partial charge is 0.331 e. The molecule has 0 fully saturated rings. The molecule has 0 aliphatic carbocycles. The number of benzene rings is 2. The van der Waals surface area contributed by atoms with Crippen molar-refractivity contribution in [1.82, 2.24) is 10.2 Å². The molecule has 0 amide bonds. The number of hydrogen-bond acceptors (Lipinski definition) is 3. The van der Waals surface area contributed by atoms with Crippen LogP contribution in [-0.4, -0.2) is 22.8 Å². The summed E-state index contributed by atoms with van der Waals surface area (Å²) >= 11 is 0. The molecular formula is C18H16N2O2. The van der Waals surface area contributed by atoms with Crippen LogP contribution in [0.25, 0.3) is 16.5 Å². The van der Waals surface area contributed by atoms with Gasteiger partial charge < -0.3 is 4.74 Å². The fraction of sp³-hybridized carbons (Fsp3) is 0.111. The van der Waals surface area contributed by atoms with E-state index in [1.807, 2.05) is 48.5 Å². The third-order valence-corrected chi connectivity index (χ3v) is 3.41. The number of ether oxygens (including phenoxy) is 1. The van der Waals surface area contributed by atoms with Crippen molar-refractivity contribution < 1.29 is 9.53 Å². The molecule has 0 saturated heterocycles. The van der Waals surface area contributed by atoms with E-state index in [1.165, 1.54) is 0 Å². The Balaban J connectivity index is 2.17. The van der Waals surface area contributed by atoms with Gasteiger partial charge in [0.1, 0.15) is 0 Å². The number of fused-ring (bicyclic) bond motifs is 1. The van der Waals surface area contributed by atoms with Gasteiger partial charge in [-0.1, -0.05) is 42.5 Å². The van der Waals surface area contributed by atoms with Gasteiger partial charge in [0.05, 0.1) is 18.3 Å². The van der Waals surface area contributed by atoms with E-state index in [9.17, 15) is 4.79 Å². The van der Waals surface area contributed by atoms with Gasteiger partial charge in [-0.05, 0) is 29.7 Å². The van der Waals surface area contributed by atoms with Crippen molar-refractivity contribution in [3.8, 4) is 0 Å². The van der Waals surface area contributed by atoms with Gasteiger partial charge in [0.2, 0.25) is 0 Å². The maximum atomic E-state index is 12.0. The molecule has 1 aromatic heterocycles. The topological polar surface area (TPSA) is 55.0 Å². The lowest BCUT2D eigenvalue weighted by molar-refractivity contribution is -0.137. The number of aromatic amines is 1. The number of carbonyl (C=O) groups excluding carboxylic acids is 1. The first-order valence-electron chi connectivity index (χ1n) is 7.16. The van der Waals surface area contributed by atoms with Crippen molar-refractivity contribution in [2.24, 2.45) is 0 Å². The average Bonchev–Trinajstić information content (AvgIpc) is 3.02. The second kappa shape index (κ2) is 6.26. The van der Waals surface area contributed by atoms with Crippen LogP contribution in [0.1, 0.15) is 18.1 Å². The number of nitrogens with one attached hydrogen (secondary N) is 1. The molecule has 110 valence electrons. The van der Waals surface area contributed by atoms with Crippen LogP contribution in [0.2, 0.25) is 0 Å². The van der Waals surface area contributed by atoms with E-state index in [4.69, 9.17) is 4.74 Å².